The number of nitrogens with one attached hydrogen (secondary N) is 1. The van der Waals surface area contributed by atoms with Crippen LogP contribution < -0.4 is 10.1 Å². The number of ether oxygens (including phenoxy) is 2. The van der Waals surface area contributed by atoms with Crippen LogP contribution in [0.4, 0.5) is 5.69 Å². The van der Waals surface area contributed by atoms with E-state index in [-0.39, 0.29) is 5.91 Å². The van der Waals surface area contributed by atoms with Crippen LogP contribution in [-0.4, -0.2) is 26.2 Å². The average Bonchev–Trinajstić information content (AvgIpc) is 2.42. The Kier molecular flexibility index (Phi) is 7.47. The van der Waals surface area contributed by atoms with Crippen molar-refractivity contribution in [3.63, 3.8) is 0 Å². The zero-order valence-electron chi connectivity index (χ0n) is 11.6. The number of carbonyl (C=O) groups is 1. The number of allylic oxidation sites excluding steroid dienone is 3. The summed E-state index contributed by atoms with van der Waals surface area (Å²) in [5.41, 5.74) is 0.531. The summed E-state index contributed by atoms with van der Waals surface area (Å²) in [7, 11) is 1.59. The summed E-state index contributed by atoms with van der Waals surface area (Å²) < 4.78 is 10.4. The van der Waals surface area contributed by atoms with E-state index in [4.69, 9.17) is 21.1 Å². The smallest absolute Gasteiger partial charge is 0.248 e. The first-order valence-corrected chi connectivity index (χ1v) is 6.57. The van der Waals surface area contributed by atoms with Gasteiger partial charge in [-0.15, -0.1) is 0 Å². The van der Waals surface area contributed by atoms with Gasteiger partial charge in [0.1, 0.15) is 6.61 Å². The average molecular weight is 296 g/mol. The molecule has 5 heteroatoms. The van der Waals surface area contributed by atoms with E-state index in [9.17, 15) is 4.79 Å². The Bertz CT molecular complexity index is 498. The first kappa shape index (κ1) is 16.3. The minimum absolute atomic E-state index is 0.248. The third-order valence-corrected chi connectivity index (χ3v) is 2.61. The van der Waals surface area contributed by atoms with E-state index >= 15 is 0 Å². The summed E-state index contributed by atoms with van der Waals surface area (Å²) in [6.45, 7) is 2.68. The Balaban J connectivity index is 2.78. The van der Waals surface area contributed by atoms with Gasteiger partial charge in [-0.05, 0) is 19.1 Å². The monoisotopic (exact) mass is 295 g/mol. The molecule has 0 unspecified atom stereocenters. The SMILES string of the molecule is C/C=C/C=C/C(=O)Nc1cccc(Cl)c1OCCOC. The first-order chi connectivity index (χ1) is 9.69. The lowest BCUT2D eigenvalue weighted by atomic mass is 10.3. The van der Waals surface area contributed by atoms with Gasteiger partial charge in [0.05, 0.1) is 17.3 Å². The summed E-state index contributed by atoms with van der Waals surface area (Å²) in [5.74, 6) is 0.195. The molecule has 1 aromatic carbocycles. The molecule has 1 amide bonds. The number of hydrogen-bond donors (Lipinski definition) is 1. The fourth-order valence-electron chi connectivity index (χ4n) is 1.41. The van der Waals surface area contributed by atoms with Crippen LogP contribution >= 0.6 is 11.6 Å². The third kappa shape index (κ3) is 5.47. The predicted octanol–water partition coefficient (Wildman–Crippen LogP) is 3.44. The van der Waals surface area contributed by atoms with Crippen LogP contribution in [0.25, 0.3) is 0 Å². The zero-order valence-corrected chi connectivity index (χ0v) is 12.3. The molecule has 0 saturated heterocycles. The second-order valence-electron chi connectivity index (χ2n) is 3.83. The number of methoxy groups -OCH3 is 1. The van der Waals surface area contributed by atoms with Crippen LogP contribution in [0, 0.1) is 0 Å². The predicted molar refractivity (Wildman–Crippen MR) is 81.4 cm³/mol. The van der Waals surface area contributed by atoms with Crippen LogP contribution in [0.5, 0.6) is 5.75 Å². The number of amides is 1. The van der Waals surface area contributed by atoms with Gasteiger partial charge in [0, 0.05) is 13.2 Å². The Morgan fingerprint density at radius 1 is 1.35 bits per heavy atom. The van der Waals surface area contributed by atoms with Gasteiger partial charge in [-0.3, -0.25) is 4.79 Å². The summed E-state index contributed by atoms with van der Waals surface area (Å²) in [6, 6.07) is 5.18. The molecule has 4 nitrogen and oxygen atoms in total. The van der Waals surface area contributed by atoms with Gasteiger partial charge >= 0.3 is 0 Å². The standard InChI is InChI=1S/C15H18ClNO3/c1-3-4-5-9-14(18)17-13-8-6-7-12(16)15(13)20-11-10-19-2/h3-9H,10-11H2,1-2H3,(H,17,18)/b4-3+,9-5+. The molecule has 20 heavy (non-hydrogen) atoms. The Morgan fingerprint density at radius 3 is 2.85 bits per heavy atom. The van der Waals surface area contributed by atoms with E-state index in [1.54, 1.807) is 37.5 Å². The lowest BCUT2D eigenvalue weighted by Crippen LogP contribution is -2.11. The van der Waals surface area contributed by atoms with Crippen molar-refractivity contribution in [3.8, 4) is 5.75 Å². The summed E-state index contributed by atoms with van der Waals surface area (Å²) >= 11 is 6.07. The molecule has 0 aliphatic carbocycles. The van der Waals surface area contributed by atoms with E-state index in [0.29, 0.717) is 29.7 Å². The summed E-state index contributed by atoms with van der Waals surface area (Å²) in [5, 5.41) is 3.17. The lowest BCUT2D eigenvalue weighted by molar-refractivity contribution is -0.111. The van der Waals surface area contributed by atoms with Crippen LogP contribution in [0.2, 0.25) is 5.02 Å². The van der Waals surface area contributed by atoms with E-state index in [2.05, 4.69) is 5.32 Å². The van der Waals surface area contributed by atoms with Crippen molar-refractivity contribution in [3.05, 3.63) is 47.5 Å². The highest BCUT2D eigenvalue weighted by molar-refractivity contribution is 6.32. The maximum atomic E-state index is 11.7. The molecule has 0 fully saturated rings. The zero-order chi connectivity index (χ0) is 14.8. The molecule has 0 heterocycles. The van der Waals surface area contributed by atoms with Crippen LogP contribution in [0.3, 0.4) is 0 Å². The molecule has 1 aromatic rings. The summed E-state index contributed by atoms with van der Waals surface area (Å²) in [6.07, 6.45) is 6.70. The highest BCUT2D eigenvalue weighted by atomic mass is 35.5. The second-order valence-corrected chi connectivity index (χ2v) is 4.24. The normalized spacial score (nSPS) is 11.2. The topological polar surface area (TPSA) is 47.6 Å². The van der Waals surface area contributed by atoms with Crippen molar-refractivity contribution in [2.24, 2.45) is 0 Å². The van der Waals surface area contributed by atoms with Crippen molar-refractivity contribution in [1.29, 1.82) is 0 Å². The number of rotatable bonds is 7. The number of carbonyl (C=O) groups excluding carboxylic acids is 1. The minimum atomic E-state index is -0.248. The number of halogens is 1. The molecule has 0 spiro atoms. The van der Waals surface area contributed by atoms with Gasteiger partial charge in [-0.25, -0.2) is 0 Å². The molecule has 0 atom stereocenters. The molecular formula is C15H18ClNO3. The van der Waals surface area contributed by atoms with Crippen molar-refractivity contribution in [2.45, 2.75) is 6.92 Å². The van der Waals surface area contributed by atoms with Crippen molar-refractivity contribution < 1.29 is 14.3 Å². The van der Waals surface area contributed by atoms with Gasteiger partial charge in [-0.1, -0.05) is 35.9 Å². The van der Waals surface area contributed by atoms with Crippen molar-refractivity contribution >= 4 is 23.2 Å². The van der Waals surface area contributed by atoms with Crippen molar-refractivity contribution in [1.82, 2.24) is 0 Å². The van der Waals surface area contributed by atoms with E-state index in [1.165, 1.54) is 6.08 Å². The van der Waals surface area contributed by atoms with Gasteiger partial charge in [-0.2, -0.15) is 0 Å². The maximum Gasteiger partial charge on any atom is 0.248 e. The maximum absolute atomic E-state index is 11.7. The highest BCUT2D eigenvalue weighted by Crippen LogP contribution is 2.32. The summed E-state index contributed by atoms with van der Waals surface area (Å²) in [4.78, 5) is 11.7. The fourth-order valence-corrected chi connectivity index (χ4v) is 1.64. The van der Waals surface area contributed by atoms with E-state index < -0.39 is 0 Å². The van der Waals surface area contributed by atoms with Crippen molar-refractivity contribution in [2.75, 3.05) is 25.6 Å². The Morgan fingerprint density at radius 2 is 2.15 bits per heavy atom. The molecule has 0 aliphatic heterocycles. The van der Waals surface area contributed by atoms with Gasteiger partial charge in [0.2, 0.25) is 5.91 Å². The molecule has 0 aliphatic rings. The van der Waals surface area contributed by atoms with E-state index in [1.807, 2.05) is 13.0 Å². The van der Waals surface area contributed by atoms with Crippen LogP contribution in [0.1, 0.15) is 6.92 Å². The second kappa shape index (κ2) is 9.18. The lowest BCUT2D eigenvalue weighted by Gasteiger charge is -2.12. The molecule has 108 valence electrons. The molecular weight excluding hydrogens is 278 g/mol. The Labute approximate surface area is 124 Å². The van der Waals surface area contributed by atoms with Crippen LogP contribution in [-0.2, 0) is 9.53 Å². The first-order valence-electron chi connectivity index (χ1n) is 6.19. The minimum Gasteiger partial charge on any atom is -0.487 e. The molecule has 1 N–H and O–H groups in total. The van der Waals surface area contributed by atoms with Crippen LogP contribution in [0.15, 0.2) is 42.5 Å². The van der Waals surface area contributed by atoms with Gasteiger partial charge < -0.3 is 14.8 Å². The molecule has 0 saturated carbocycles. The Hall–Kier alpha value is -1.78. The third-order valence-electron chi connectivity index (χ3n) is 2.31. The highest BCUT2D eigenvalue weighted by Gasteiger charge is 2.10. The number of para-hydroxylation sites is 1. The van der Waals surface area contributed by atoms with Gasteiger partial charge in [0.15, 0.2) is 5.75 Å². The molecule has 0 bridgehead atoms. The van der Waals surface area contributed by atoms with Gasteiger partial charge in [0.25, 0.3) is 0 Å². The molecule has 1 rings (SSSR count). The molecule has 0 radical (unpaired) electrons. The number of anilines is 1. The largest absolute Gasteiger partial charge is 0.487 e. The molecule has 0 aromatic heterocycles. The quantitative estimate of drug-likeness (QED) is 0.476. The number of benzene rings is 1. The van der Waals surface area contributed by atoms with E-state index in [0.717, 1.165) is 0 Å². The number of hydrogen-bond acceptors (Lipinski definition) is 3. The fraction of sp³-hybridized carbons (Fsp3) is 0.267.